The molecule has 0 bridgehead atoms. The summed E-state index contributed by atoms with van der Waals surface area (Å²) in [5.41, 5.74) is 0. The van der Waals surface area contributed by atoms with E-state index in [9.17, 15) is 0 Å². The summed E-state index contributed by atoms with van der Waals surface area (Å²) in [6.07, 6.45) is 7.49. The fraction of sp³-hybridized carbons (Fsp3) is 0.141. The van der Waals surface area contributed by atoms with Crippen molar-refractivity contribution in [3.8, 4) is 0 Å². The first-order valence-corrected chi connectivity index (χ1v) is 31.8. The van der Waals surface area contributed by atoms with Crippen LogP contribution >= 0.6 is 59.1 Å². The van der Waals surface area contributed by atoms with Crippen molar-refractivity contribution < 1.29 is 24.3 Å². The van der Waals surface area contributed by atoms with Crippen LogP contribution in [0.25, 0.3) is 0 Å². The Morgan fingerprint density at radius 2 is 0.403 bits per heavy atom. The topological polar surface area (TPSA) is 17.1 Å². The van der Waals surface area contributed by atoms with Gasteiger partial charge in [0.05, 0.1) is 0 Å². The standard InChI is InChI=1S/3C21H21PS.CH2O.Rh/c3*1-4-11-19(12-5-1)22(20-13-6-2-7-14-20)17-10-18-23-21-15-8-3-9-16-21;1-2;/h3*1-9,11-16H,10,17-18H2;1H2;. The largest absolute Gasteiger partial charge is 0.307 e. The molecule has 1 radical (unpaired) electrons. The Hall–Kier alpha value is -4.39. The molecule has 9 aromatic carbocycles. The van der Waals surface area contributed by atoms with Gasteiger partial charge in [-0.25, -0.2) is 0 Å². The van der Waals surface area contributed by atoms with Crippen LogP contribution in [0.1, 0.15) is 19.3 Å². The molecule has 0 heterocycles. The molecule has 0 aromatic heterocycles. The van der Waals surface area contributed by atoms with Gasteiger partial charge in [-0.1, -0.05) is 237 Å². The third kappa shape index (κ3) is 21.6. The first kappa shape index (κ1) is 58.5. The van der Waals surface area contributed by atoms with E-state index in [2.05, 4.69) is 273 Å². The molecule has 9 rings (SSSR count). The van der Waals surface area contributed by atoms with Crippen LogP contribution in [0, 0.1) is 0 Å². The van der Waals surface area contributed by atoms with E-state index in [0.29, 0.717) is 0 Å². The van der Waals surface area contributed by atoms with Crippen LogP contribution in [0.5, 0.6) is 0 Å². The molecule has 0 aliphatic rings. The average Bonchev–Trinajstić information content (AvgIpc) is 3.46. The van der Waals surface area contributed by atoms with E-state index in [0.717, 1.165) is 0 Å². The molecule has 9 aromatic rings. The fourth-order valence-corrected chi connectivity index (χ4v) is 18.0. The van der Waals surface area contributed by atoms with Crippen LogP contribution in [0.15, 0.2) is 288 Å². The molecule has 0 aliphatic heterocycles. The maximum atomic E-state index is 8.00. The summed E-state index contributed by atoms with van der Waals surface area (Å²) in [5.74, 6) is 3.55. The monoisotopic (exact) mass is 1140 g/mol. The van der Waals surface area contributed by atoms with Gasteiger partial charge in [0, 0.05) is 34.2 Å². The van der Waals surface area contributed by atoms with E-state index in [-0.39, 0.29) is 43.2 Å². The Labute approximate surface area is 460 Å². The van der Waals surface area contributed by atoms with Crippen LogP contribution in [0.4, 0.5) is 0 Å². The van der Waals surface area contributed by atoms with Crippen LogP contribution < -0.4 is 31.8 Å². The molecule has 0 fully saturated rings. The second kappa shape index (κ2) is 36.5. The van der Waals surface area contributed by atoms with Crippen LogP contribution in [0.3, 0.4) is 0 Å². The van der Waals surface area contributed by atoms with Gasteiger partial charge >= 0.3 is 0 Å². The smallest absolute Gasteiger partial charge is 0.106 e. The van der Waals surface area contributed by atoms with Gasteiger partial charge in [-0.2, -0.15) is 0 Å². The zero-order valence-electron chi connectivity index (χ0n) is 40.9. The third-order valence-electron chi connectivity index (χ3n) is 11.0. The Morgan fingerprint density at radius 1 is 0.250 bits per heavy atom. The molecule has 0 atom stereocenters. The Bertz CT molecular complexity index is 2260. The van der Waals surface area contributed by atoms with Crippen molar-refractivity contribution in [2.75, 3.05) is 35.7 Å². The number of thioether (sulfide) groups is 3. The zero-order chi connectivity index (χ0) is 49.2. The molecule has 0 spiro atoms. The first-order valence-electron chi connectivity index (χ1n) is 24.3. The molecular formula is C64H65OP3RhS3. The molecule has 0 unspecified atom stereocenters. The van der Waals surface area contributed by atoms with E-state index in [1.165, 1.54) is 102 Å². The molecule has 0 N–H and O–H groups in total. The van der Waals surface area contributed by atoms with Crippen molar-refractivity contribution >= 4 is 97.7 Å². The van der Waals surface area contributed by atoms with Crippen LogP contribution in [0.2, 0.25) is 0 Å². The molecule has 72 heavy (non-hydrogen) atoms. The molecular weight excluding hydrogens is 1080 g/mol. The maximum Gasteiger partial charge on any atom is 0.106 e. The molecule has 0 aliphatic carbocycles. The van der Waals surface area contributed by atoms with Crippen molar-refractivity contribution in [3.05, 3.63) is 273 Å². The summed E-state index contributed by atoms with van der Waals surface area (Å²) in [7, 11) is -0.734. The van der Waals surface area contributed by atoms with Gasteiger partial charge in [-0.3, -0.25) is 0 Å². The van der Waals surface area contributed by atoms with Gasteiger partial charge in [0.1, 0.15) is 6.79 Å². The first-order chi connectivity index (χ1) is 35.3. The predicted molar refractivity (Wildman–Crippen MR) is 324 cm³/mol. The SMILES string of the molecule is C=O.[Rh].c1ccc(SCCCP(c2ccccc2)c2ccccc2)cc1.c1ccc(SCCCP(c2ccccc2)c2ccccc2)cc1.c1ccc(SCCCP(c2ccccc2)c2ccccc2)cc1. The summed E-state index contributed by atoms with van der Waals surface area (Å²) >= 11 is 5.89. The zero-order valence-corrected chi connectivity index (χ0v) is 47.6. The van der Waals surface area contributed by atoms with Gasteiger partial charge in [-0.15, -0.1) is 35.3 Å². The second-order valence-corrected chi connectivity index (χ2v) is 26.5. The van der Waals surface area contributed by atoms with E-state index in [4.69, 9.17) is 4.79 Å². The summed E-state index contributed by atoms with van der Waals surface area (Å²) in [6.45, 7) is 2.00. The van der Waals surface area contributed by atoms with Crippen molar-refractivity contribution in [2.45, 2.75) is 33.9 Å². The number of hydrogen-bond donors (Lipinski definition) is 0. The second-order valence-electron chi connectivity index (χ2n) is 16.0. The minimum Gasteiger partial charge on any atom is -0.307 e. The van der Waals surface area contributed by atoms with E-state index in [1.54, 1.807) is 0 Å². The average molecular weight is 1140 g/mol. The fourth-order valence-electron chi connectivity index (χ4n) is 7.66. The third-order valence-corrected chi connectivity index (χ3v) is 22.1. The van der Waals surface area contributed by atoms with Crippen LogP contribution in [-0.2, 0) is 24.3 Å². The Balaban J connectivity index is 0.000000196. The quantitative estimate of drug-likeness (QED) is 0.0308. The normalized spacial score (nSPS) is 10.4. The molecule has 0 saturated carbocycles. The summed E-state index contributed by atoms with van der Waals surface area (Å²) < 4.78 is 0. The van der Waals surface area contributed by atoms with Gasteiger partial charge in [0.2, 0.25) is 0 Å². The van der Waals surface area contributed by atoms with E-state index in [1.807, 2.05) is 42.1 Å². The van der Waals surface area contributed by atoms with E-state index < -0.39 is 0 Å². The van der Waals surface area contributed by atoms with Gasteiger partial charge < -0.3 is 4.79 Å². The summed E-state index contributed by atoms with van der Waals surface area (Å²) in [4.78, 5) is 12.1. The van der Waals surface area contributed by atoms with Crippen molar-refractivity contribution in [3.63, 3.8) is 0 Å². The van der Waals surface area contributed by atoms with Gasteiger partial charge in [0.15, 0.2) is 0 Å². The summed E-state index contributed by atoms with van der Waals surface area (Å²) in [6, 6.07) is 98.0. The Kier molecular flexibility index (Phi) is 29.7. The molecule has 369 valence electrons. The van der Waals surface area contributed by atoms with Gasteiger partial charge in [-0.05, 0) is 147 Å². The number of rotatable bonds is 21. The number of carbonyl (C=O) groups is 1. The van der Waals surface area contributed by atoms with Crippen LogP contribution in [-0.4, -0.2) is 42.5 Å². The van der Waals surface area contributed by atoms with Gasteiger partial charge in [0.25, 0.3) is 0 Å². The number of benzene rings is 9. The number of hydrogen-bond acceptors (Lipinski definition) is 4. The molecule has 0 saturated heterocycles. The van der Waals surface area contributed by atoms with Crippen molar-refractivity contribution in [1.29, 1.82) is 0 Å². The van der Waals surface area contributed by atoms with E-state index >= 15 is 0 Å². The van der Waals surface area contributed by atoms with Crippen molar-refractivity contribution in [2.24, 2.45) is 0 Å². The minimum atomic E-state index is -0.245. The minimum absolute atomic E-state index is 0. The Morgan fingerprint density at radius 3 is 0.569 bits per heavy atom. The molecule has 0 amide bonds. The predicted octanol–water partition coefficient (Wildman–Crippen LogP) is 15.7. The van der Waals surface area contributed by atoms with Crippen molar-refractivity contribution in [1.82, 2.24) is 0 Å². The molecule has 8 heteroatoms. The molecule has 1 nitrogen and oxygen atoms in total. The summed E-state index contributed by atoms with van der Waals surface area (Å²) in [5, 5.41) is 8.91. The number of carbonyl (C=O) groups excluding carboxylic acids is 1. The maximum absolute atomic E-state index is 8.00.